The molecule has 4 heterocycles. The second-order valence-corrected chi connectivity index (χ2v) is 7.90. The van der Waals surface area contributed by atoms with Crippen LogP contribution in [0, 0.1) is 0 Å². The number of rotatable bonds is 3. The van der Waals surface area contributed by atoms with E-state index in [1.54, 1.807) is 12.4 Å². The molecule has 2 aromatic carbocycles. The largest absolute Gasteiger partial charge is 0.309 e. The lowest BCUT2D eigenvalue weighted by atomic mass is 9.95. The Morgan fingerprint density at radius 1 is 0.562 bits per heavy atom. The monoisotopic (exact) mass is 410 g/mol. The Morgan fingerprint density at radius 3 is 1.84 bits per heavy atom. The molecule has 5 heteroatoms. The number of aromatic nitrogens is 4. The van der Waals surface area contributed by atoms with E-state index < -0.39 is 0 Å². The van der Waals surface area contributed by atoms with Crippen LogP contribution in [0.5, 0.6) is 0 Å². The molecule has 0 fully saturated rings. The standard InChI is InChI=1S/C27H19BN4/c28-18-11-12-21-20-7-1-2-10-26(20)32(27(21)15-18)19-16-24(22-8-3-5-13-29-22)31-25(17-19)23-9-4-6-14-30-23/h1-17H,28H2. The van der Waals surface area contributed by atoms with Crippen molar-refractivity contribution in [2.75, 3.05) is 0 Å². The average molecular weight is 410 g/mol. The van der Waals surface area contributed by atoms with E-state index in [0.717, 1.165) is 28.5 Å². The first-order chi connectivity index (χ1) is 15.8. The lowest BCUT2D eigenvalue weighted by Crippen LogP contribution is -2.03. The zero-order valence-corrected chi connectivity index (χ0v) is 17.6. The molecule has 6 rings (SSSR count). The molecule has 6 aromatic rings. The Balaban J connectivity index is 1.70. The highest BCUT2D eigenvalue weighted by Crippen LogP contribution is 2.33. The molecule has 0 bridgehead atoms. The molecule has 0 radical (unpaired) electrons. The summed E-state index contributed by atoms with van der Waals surface area (Å²) in [5, 5.41) is 2.47. The Bertz CT molecular complexity index is 1520. The summed E-state index contributed by atoms with van der Waals surface area (Å²) >= 11 is 0. The Kier molecular flexibility index (Phi) is 4.32. The molecule has 150 valence electrons. The van der Waals surface area contributed by atoms with Gasteiger partial charge in [0.05, 0.1) is 39.5 Å². The maximum Gasteiger partial charge on any atom is 0.139 e. The van der Waals surface area contributed by atoms with Gasteiger partial charge in [-0.05, 0) is 48.5 Å². The third-order valence-electron chi connectivity index (χ3n) is 5.75. The molecule has 0 amide bonds. The predicted molar refractivity (Wildman–Crippen MR) is 133 cm³/mol. The fourth-order valence-corrected chi connectivity index (χ4v) is 4.29. The second kappa shape index (κ2) is 7.47. The van der Waals surface area contributed by atoms with Gasteiger partial charge < -0.3 is 4.57 Å². The van der Waals surface area contributed by atoms with Crippen LogP contribution in [-0.4, -0.2) is 27.4 Å². The van der Waals surface area contributed by atoms with E-state index in [1.807, 2.05) is 36.4 Å². The predicted octanol–water partition coefficient (Wildman–Crippen LogP) is 4.56. The van der Waals surface area contributed by atoms with Crippen LogP contribution in [0.3, 0.4) is 0 Å². The van der Waals surface area contributed by atoms with Crippen molar-refractivity contribution in [3.05, 3.63) is 103 Å². The molecule has 0 aliphatic rings. The minimum absolute atomic E-state index is 0.822. The lowest BCUT2D eigenvalue weighted by Gasteiger charge is -2.12. The first-order valence-corrected chi connectivity index (χ1v) is 10.6. The summed E-state index contributed by atoms with van der Waals surface area (Å²) < 4.78 is 2.32. The number of benzene rings is 2. The van der Waals surface area contributed by atoms with E-state index in [0.29, 0.717) is 0 Å². The highest BCUT2D eigenvalue weighted by molar-refractivity contribution is 6.33. The van der Waals surface area contributed by atoms with Gasteiger partial charge in [0.15, 0.2) is 0 Å². The van der Waals surface area contributed by atoms with Gasteiger partial charge in [-0.2, -0.15) is 0 Å². The molecule has 4 aromatic heterocycles. The molecule has 4 nitrogen and oxygen atoms in total. The van der Waals surface area contributed by atoms with Gasteiger partial charge in [-0.25, -0.2) is 4.98 Å². The molecule has 0 saturated heterocycles. The van der Waals surface area contributed by atoms with E-state index in [9.17, 15) is 0 Å². The average Bonchev–Trinajstić information content (AvgIpc) is 3.18. The summed E-state index contributed by atoms with van der Waals surface area (Å²) in [5.41, 5.74) is 7.93. The smallest absolute Gasteiger partial charge is 0.139 e. The normalized spacial score (nSPS) is 11.2. The Morgan fingerprint density at radius 2 is 1.19 bits per heavy atom. The highest BCUT2D eigenvalue weighted by Gasteiger charge is 2.15. The fraction of sp³-hybridized carbons (Fsp3) is 0. The van der Waals surface area contributed by atoms with Crippen LogP contribution in [-0.2, 0) is 0 Å². The number of nitrogens with zero attached hydrogens (tertiary/aromatic N) is 4. The van der Waals surface area contributed by atoms with Gasteiger partial charge in [0.1, 0.15) is 7.85 Å². The van der Waals surface area contributed by atoms with Crippen LogP contribution in [0.4, 0.5) is 0 Å². The first-order valence-electron chi connectivity index (χ1n) is 10.6. The molecule has 32 heavy (non-hydrogen) atoms. The molecule has 0 atom stereocenters. The van der Waals surface area contributed by atoms with Crippen LogP contribution in [0.1, 0.15) is 0 Å². The SMILES string of the molecule is Bc1ccc2c3ccccc3n(-c3cc(-c4ccccn4)nc(-c4ccccn4)c3)c2c1. The summed E-state index contributed by atoms with van der Waals surface area (Å²) in [7, 11) is 2.13. The van der Waals surface area contributed by atoms with Gasteiger partial charge in [0, 0.05) is 23.2 Å². The molecule has 0 unspecified atom stereocenters. The molecular weight excluding hydrogens is 391 g/mol. The number of hydrogen-bond acceptors (Lipinski definition) is 3. The van der Waals surface area contributed by atoms with Gasteiger partial charge in [0.25, 0.3) is 0 Å². The van der Waals surface area contributed by atoms with Crippen molar-refractivity contribution in [1.29, 1.82) is 0 Å². The summed E-state index contributed by atoms with van der Waals surface area (Å²) in [6.07, 6.45) is 3.60. The molecular formula is C27H19BN4. The Hall–Kier alpha value is -4.25. The maximum absolute atomic E-state index is 4.92. The molecule has 0 saturated carbocycles. The third kappa shape index (κ3) is 3.07. The van der Waals surface area contributed by atoms with Gasteiger partial charge in [-0.15, -0.1) is 0 Å². The third-order valence-corrected chi connectivity index (χ3v) is 5.75. The van der Waals surface area contributed by atoms with Crippen molar-refractivity contribution < 1.29 is 0 Å². The number of hydrogen-bond donors (Lipinski definition) is 0. The maximum atomic E-state index is 4.92. The molecule has 0 N–H and O–H groups in total. The van der Waals surface area contributed by atoms with E-state index in [2.05, 4.69) is 77.0 Å². The van der Waals surface area contributed by atoms with Crippen molar-refractivity contribution in [3.63, 3.8) is 0 Å². The number of pyridine rings is 3. The molecule has 0 aliphatic carbocycles. The summed E-state index contributed by atoms with van der Waals surface area (Å²) in [6, 6.07) is 31.2. The van der Waals surface area contributed by atoms with Crippen LogP contribution >= 0.6 is 0 Å². The van der Waals surface area contributed by atoms with Crippen molar-refractivity contribution in [2.45, 2.75) is 0 Å². The van der Waals surface area contributed by atoms with E-state index in [4.69, 9.17) is 4.98 Å². The fourth-order valence-electron chi connectivity index (χ4n) is 4.29. The van der Waals surface area contributed by atoms with Crippen LogP contribution in [0.15, 0.2) is 103 Å². The topological polar surface area (TPSA) is 43.6 Å². The lowest BCUT2D eigenvalue weighted by molar-refractivity contribution is 1.14. The quantitative estimate of drug-likeness (QED) is 0.402. The minimum Gasteiger partial charge on any atom is -0.309 e. The van der Waals surface area contributed by atoms with Crippen molar-refractivity contribution in [2.24, 2.45) is 0 Å². The minimum atomic E-state index is 0.822. The second-order valence-electron chi connectivity index (χ2n) is 7.90. The Labute approximate surface area is 186 Å². The van der Waals surface area contributed by atoms with Crippen LogP contribution < -0.4 is 5.46 Å². The zero-order chi connectivity index (χ0) is 21.5. The summed E-state index contributed by atoms with van der Waals surface area (Å²) in [6.45, 7) is 0. The van der Waals surface area contributed by atoms with Crippen molar-refractivity contribution in [3.8, 4) is 28.5 Å². The van der Waals surface area contributed by atoms with Gasteiger partial charge >= 0.3 is 0 Å². The van der Waals surface area contributed by atoms with E-state index >= 15 is 0 Å². The molecule has 0 spiro atoms. The highest BCUT2D eigenvalue weighted by atomic mass is 15.0. The zero-order valence-electron chi connectivity index (χ0n) is 17.6. The molecule has 0 aliphatic heterocycles. The van der Waals surface area contributed by atoms with Gasteiger partial charge in [-0.3, -0.25) is 9.97 Å². The summed E-state index contributed by atoms with van der Waals surface area (Å²) in [5.74, 6) is 0. The van der Waals surface area contributed by atoms with E-state index in [-0.39, 0.29) is 0 Å². The van der Waals surface area contributed by atoms with E-state index in [1.165, 1.54) is 27.3 Å². The summed E-state index contributed by atoms with van der Waals surface area (Å²) in [4.78, 5) is 14.0. The number of para-hydroxylation sites is 1. The first kappa shape index (κ1) is 18.5. The van der Waals surface area contributed by atoms with Crippen molar-refractivity contribution in [1.82, 2.24) is 19.5 Å². The van der Waals surface area contributed by atoms with Gasteiger partial charge in [0.2, 0.25) is 0 Å². The van der Waals surface area contributed by atoms with Crippen LogP contribution in [0.25, 0.3) is 50.3 Å². The van der Waals surface area contributed by atoms with Crippen molar-refractivity contribution >= 4 is 35.1 Å². The van der Waals surface area contributed by atoms with Crippen LogP contribution in [0.2, 0.25) is 0 Å². The van der Waals surface area contributed by atoms with Gasteiger partial charge in [-0.1, -0.05) is 47.9 Å². The number of fused-ring (bicyclic) bond motifs is 3.